The van der Waals surface area contributed by atoms with Crippen LogP contribution in [0.15, 0.2) is 39.3 Å². The molecule has 6 heteroatoms. The second kappa shape index (κ2) is 7.47. The van der Waals surface area contributed by atoms with Crippen LogP contribution in [0.4, 0.5) is 10.1 Å². The second-order valence-corrected chi connectivity index (χ2v) is 6.42. The third-order valence-electron chi connectivity index (χ3n) is 2.76. The molecule has 2 rings (SSSR count). The average molecular weight is 438 g/mol. The molecule has 0 unspecified atom stereocenters. The van der Waals surface area contributed by atoms with Crippen molar-refractivity contribution in [2.75, 3.05) is 11.9 Å². The zero-order chi connectivity index (χ0) is 15.4. The van der Waals surface area contributed by atoms with E-state index >= 15 is 0 Å². The number of benzene rings is 2. The molecule has 0 saturated carbocycles. The molecule has 2 aromatic rings. The zero-order valence-electron chi connectivity index (χ0n) is 11.2. The third-order valence-corrected chi connectivity index (χ3v) is 4.25. The van der Waals surface area contributed by atoms with Crippen LogP contribution < -0.4 is 10.1 Å². The quantitative estimate of drug-likeness (QED) is 0.618. The zero-order valence-corrected chi connectivity index (χ0v) is 15.1. The van der Waals surface area contributed by atoms with Crippen LogP contribution in [0.5, 0.6) is 5.75 Å². The van der Waals surface area contributed by atoms with Gasteiger partial charge in [0, 0.05) is 6.54 Å². The summed E-state index contributed by atoms with van der Waals surface area (Å²) in [5.74, 6) is 0.429. The highest BCUT2D eigenvalue weighted by atomic mass is 79.9. The molecule has 0 radical (unpaired) electrons. The molecule has 21 heavy (non-hydrogen) atoms. The summed E-state index contributed by atoms with van der Waals surface area (Å²) in [6, 6.07) is 8.23. The van der Waals surface area contributed by atoms with Gasteiger partial charge in [-0.25, -0.2) is 4.39 Å². The monoisotopic (exact) mass is 435 g/mol. The highest BCUT2D eigenvalue weighted by Crippen LogP contribution is 2.35. The lowest BCUT2D eigenvalue weighted by Gasteiger charge is -2.12. The minimum absolute atomic E-state index is 0.350. The highest BCUT2D eigenvalue weighted by molar-refractivity contribution is 9.11. The summed E-state index contributed by atoms with van der Waals surface area (Å²) in [5.41, 5.74) is 1.73. The minimum atomic E-state index is -0.350. The number of nitrogens with one attached hydrogen (secondary N) is 1. The fraction of sp³-hybridized carbons (Fsp3) is 0.200. The largest absolute Gasteiger partial charge is 0.492 e. The Hall–Kier alpha value is -0.780. The van der Waals surface area contributed by atoms with Crippen LogP contribution in [0, 0.1) is 5.82 Å². The second-order valence-electron chi connectivity index (χ2n) is 4.30. The molecule has 0 aliphatic carbocycles. The normalized spacial score (nSPS) is 10.5. The number of ether oxygens (including phenoxy) is 1. The van der Waals surface area contributed by atoms with E-state index in [4.69, 9.17) is 16.3 Å². The lowest BCUT2D eigenvalue weighted by atomic mass is 10.2. The van der Waals surface area contributed by atoms with Gasteiger partial charge in [-0.1, -0.05) is 11.6 Å². The van der Waals surface area contributed by atoms with Crippen LogP contribution in [0.3, 0.4) is 0 Å². The molecule has 0 bridgehead atoms. The van der Waals surface area contributed by atoms with Crippen LogP contribution in [-0.4, -0.2) is 6.61 Å². The molecule has 0 aromatic heterocycles. The van der Waals surface area contributed by atoms with Crippen LogP contribution in [0.2, 0.25) is 5.02 Å². The molecule has 112 valence electrons. The Balaban J connectivity index is 2.13. The molecule has 0 aliphatic heterocycles. The van der Waals surface area contributed by atoms with Gasteiger partial charge in [0.25, 0.3) is 0 Å². The first-order chi connectivity index (χ1) is 10.0. The third kappa shape index (κ3) is 4.34. The maximum atomic E-state index is 13.0. The van der Waals surface area contributed by atoms with E-state index in [1.807, 2.05) is 19.1 Å². The smallest absolute Gasteiger partial charge is 0.147 e. The first kappa shape index (κ1) is 16.6. The van der Waals surface area contributed by atoms with Crippen molar-refractivity contribution in [3.63, 3.8) is 0 Å². The van der Waals surface area contributed by atoms with Gasteiger partial charge in [0.15, 0.2) is 0 Å². The molecule has 0 saturated heterocycles. The van der Waals surface area contributed by atoms with Crippen molar-refractivity contribution in [1.29, 1.82) is 0 Å². The Morgan fingerprint density at radius 3 is 2.43 bits per heavy atom. The first-order valence-corrected chi connectivity index (χ1v) is 8.27. The Morgan fingerprint density at radius 2 is 1.86 bits per heavy atom. The van der Waals surface area contributed by atoms with Gasteiger partial charge in [-0.2, -0.15) is 0 Å². The van der Waals surface area contributed by atoms with Gasteiger partial charge < -0.3 is 10.1 Å². The van der Waals surface area contributed by atoms with Gasteiger partial charge in [0.1, 0.15) is 11.6 Å². The minimum Gasteiger partial charge on any atom is -0.492 e. The summed E-state index contributed by atoms with van der Waals surface area (Å²) in [7, 11) is 0. The molecular formula is C15H13Br2ClFNO. The summed E-state index contributed by atoms with van der Waals surface area (Å²) in [4.78, 5) is 0. The number of anilines is 1. The summed E-state index contributed by atoms with van der Waals surface area (Å²) in [5, 5.41) is 3.54. The van der Waals surface area contributed by atoms with E-state index in [1.54, 1.807) is 6.07 Å². The standard InChI is InChI=1S/C15H13Br2ClFNO/c1-2-21-15-11(16)5-9(6-12(15)17)8-20-14-4-3-10(19)7-13(14)18/h3-7,20H,2,8H2,1H3. The molecule has 0 aliphatic rings. The molecule has 0 spiro atoms. The van der Waals surface area contributed by atoms with Gasteiger partial charge in [-0.05, 0) is 74.7 Å². The summed E-state index contributed by atoms with van der Waals surface area (Å²) >= 11 is 13.0. The fourth-order valence-corrected chi connectivity index (χ4v) is 3.57. The average Bonchev–Trinajstić information content (AvgIpc) is 2.42. The molecule has 0 heterocycles. The van der Waals surface area contributed by atoms with E-state index in [1.165, 1.54) is 12.1 Å². The number of rotatable bonds is 5. The van der Waals surface area contributed by atoms with Gasteiger partial charge in [-0.15, -0.1) is 0 Å². The molecule has 0 amide bonds. The Bertz CT molecular complexity index is 629. The van der Waals surface area contributed by atoms with Gasteiger partial charge >= 0.3 is 0 Å². The van der Waals surface area contributed by atoms with E-state index in [2.05, 4.69) is 37.2 Å². The van der Waals surface area contributed by atoms with Gasteiger partial charge in [-0.3, -0.25) is 0 Å². The van der Waals surface area contributed by atoms with Crippen molar-refractivity contribution in [2.24, 2.45) is 0 Å². The predicted molar refractivity (Wildman–Crippen MR) is 91.7 cm³/mol. The number of halogens is 4. The van der Waals surface area contributed by atoms with E-state index in [0.717, 1.165) is 20.3 Å². The summed E-state index contributed by atoms with van der Waals surface area (Å²) in [6.45, 7) is 3.10. The van der Waals surface area contributed by atoms with E-state index in [0.29, 0.717) is 23.9 Å². The van der Waals surface area contributed by atoms with Crippen LogP contribution in [0.1, 0.15) is 12.5 Å². The van der Waals surface area contributed by atoms with Crippen molar-refractivity contribution in [3.8, 4) is 5.75 Å². The Morgan fingerprint density at radius 1 is 1.19 bits per heavy atom. The molecule has 2 aromatic carbocycles. The van der Waals surface area contributed by atoms with Gasteiger partial charge in [0.2, 0.25) is 0 Å². The molecular weight excluding hydrogens is 424 g/mol. The van der Waals surface area contributed by atoms with Crippen molar-refractivity contribution in [3.05, 3.63) is 55.7 Å². The fourth-order valence-electron chi connectivity index (χ4n) is 1.83. The lowest BCUT2D eigenvalue weighted by Crippen LogP contribution is -2.01. The highest BCUT2D eigenvalue weighted by Gasteiger charge is 2.09. The number of hydrogen-bond donors (Lipinski definition) is 1. The maximum Gasteiger partial charge on any atom is 0.147 e. The SMILES string of the molecule is CCOc1c(Br)cc(CNc2ccc(F)cc2Cl)cc1Br. The Kier molecular flexibility index (Phi) is 5.90. The van der Waals surface area contributed by atoms with E-state index in [-0.39, 0.29) is 5.82 Å². The van der Waals surface area contributed by atoms with E-state index in [9.17, 15) is 4.39 Å². The summed E-state index contributed by atoms with van der Waals surface area (Å²) in [6.07, 6.45) is 0. The van der Waals surface area contributed by atoms with E-state index < -0.39 is 0 Å². The van der Waals surface area contributed by atoms with Crippen molar-refractivity contribution in [1.82, 2.24) is 0 Å². The van der Waals surface area contributed by atoms with Crippen molar-refractivity contribution < 1.29 is 9.13 Å². The van der Waals surface area contributed by atoms with Crippen LogP contribution in [-0.2, 0) is 6.54 Å². The number of hydrogen-bond acceptors (Lipinski definition) is 2. The molecule has 0 fully saturated rings. The van der Waals surface area contributed by atoms with Crippen molar-refractivity contribution >= 4 is 49.1 Å². The lowest BCUT2D eigenvalue weighted by molar-refractivity contribution is 0.336. The van der Waals surface area contributed by atoms with Crippen LogP contribution >= 0.6 is 43.5 Å². The molecule has 2 nitrogen and oxygen atoms in total. The maximum absolute atomic E-state index is 13.0. The Labute approximate surface area is 144 Å². The van der Waals surface area contributed by atoms with Gasteiger partial charge in [0.05, 0.1) is 26.3 Å². The topological polar surface area (TPSA) is 21.3 Å². The summed E-state index contributed by atoms with van der Waals surface area (Å²) < 4.78 is 20.3. The van der Waals surface area contributed by atoms with Crippen molar-refractivity contribution in [2.45, 2.75) is 13.5 Å². The molecule has 1 N–H and O–H groups in total. The molecule has 0 atom stereocenters. The first-order valence-electron chi connectivity index (χ1n) is 6.31. The van der Waals surface area contributed by atoms with Crippen LogP contribution in [0.25, 0.3) is 0 Å². The predicted octanol–water partition coefficient (Wildman–Crippen LogP) is 6.01.